The monoisotopic (exact) mass is 467 g/mol. The lowest BCUT2D eigenvalue weighted by atomic mass is 9.94. The molecule has 1 aliphatic heterocycles. The van der Waals surface area contributed by atoms with Gasteiger partial charge in [-0.05, 0) is 39.7 Å². The summed E-state index contributed by atoms with van der Waals surface area (Å²) in [6, 6.07) is 7.64. The highest BCUT2D eigenvalue weighted by atomic mass is 16.5. The Hall–Kier alpha value is -3.36. The molecule has 9 heteroatoms. The molecule has 1 aliphatic carbocycles. The molecule has 2 aliphatic rings. The van der Waals surface area contributed by atoms with E-state index in [9.17, 15) is 14.4 Å². The van der Waals surface area contributed by atoms with Crippen molar-refractivity contribution in [2.24, 2.45) is 0 Å². The number of ether oxygens (including phenoxy) is 1. The minimum atomic E-state index is -1.05. The number of fused-ring (bicyclic) bond motifs is 1. The van der Waals surface area contributed by atoms with E-state index in [0.29, 0.717) is 18.9 Å². The lowest BCUT2D eigenvalue weighted by Gasteiger charge is -2.43. The zero-order valence-electron chi connectivity index (χ0n) is 20.1. The summed E-state index contributed by atoms with van der Waals surface area (Å²) in [5.41, 5.74) is 0.0642. The molecule has 0 unspecified atom stereocenters. The molecule has 2 aromatic rings. The highest BCUT2D eigenvalue weighted by Gasteiger charge is 2.48. The maximum Gasteiger partial charge on any atom is 0.273 e. The summed E-state index contributed by atoms with van der Waals surface area (Å²) in [4.78, 5) is 45.6. The van der Waals surface area contributed by atoms with Gasteiger partial charge in [-0.25, -0.2) is 4.98 Å². The predicted molar refractivity (Wildman–Crippen MR) is 127 cm³/mol. The van der Waals surface area contributed by atoms with Crippen molar-refractivity contribution in [2.45, 2.75) is 71.1 Å². The number of carbonyl (C=O) groups excluding carboxylic acids is 3. The Morgan fingerprint density at radius 2 is 1.94 bits per heavy atom. The van der Waals surface area contributed by atoms with Gasteiger partial charge in [0.05, 0.1) is 19.5 Å². The van der Waals surface area contributed by atoms with Gasteiger partial charge in [-0.15, -0.1) is 0 Å². The van der Waals surface area contributed by atoms with Crippen LogP contribution in [0.15, 0.2) is 30.6 Å². The van der Waals surface area contributed by atoms with Crippen molar-refractivity contribution in [3.8, 4) is 5.75 Å². The fourth-order valence-corrected chi connectivity index (χ4v) is 4.96. The highest BCUT2D eigenvalue weighted by Crippen LogP contribution is 2.30. The van der Waals surface area contributed by atoms with Crippen molar-refractivity contribution in [3.63, 3.8) is 0 Å². The maximum absolute atomic E-state index is 13.5. The molecular weight excluding hydrogens is 434 g/mol. The largest absolute Gasteiger partial charge is 0.494 e. The van der Waals surface area contributed by atoms with Gasteiger partial charge in [0.15, 0.2) is 5.69 Å². The van der Waals surface area contributed by atoms with Crippen LogP contribution in [0.25, 0.3) is 0 Å². The fraction of sp³-hybridized carbons (Fsp3) is 0.520. The molecule has 0 saturated heterocycles. The summed E-state index contributed by atoms with van der Waals surface area (Å²) >= 11 is 0. The van der Waals surface area contributed by atoms with Gasteiger partial charge in [-0.1, -0.05) is 31.0 Å². The van der Waals surface area contributed by atoms with Crippen molar-refractivity contribution >= 4 is 17.7 Å². The van der Waals surface area contributed by atoms with Crippen LogP contribution >= 0.6 is 0 Å². The molecule has 182 valence electrons. The van der Waals surface area contributed by atoms with E-state index in [1.165, 1.54) is 6.33 Å². The molecule has 2 N–H and O–H groups in total. The van der Waals surface area contributed by atoms with E-state index in [2.05, 4.69) is 15.6 Å². The second-order valence-electron chi connectivity index (χ2n) is 9.07. The molecule has 1 saturated carbocycles. The molecule has 34 heavy (non-hydrogen) atoms. The normalized spacial score (nSPS) is 20.2. The summed E-state index contributed by atoms with van der Waals surface area (Å²) in [6.45, 7) is 6.89. The van der Waals surface area contributed by atoms with Crippen LogP contribution in [0.3, 0.4) is 0 Å². The van der Waals surface area contributed by atoms with Crippen LogP contribution in [-0.4, -0.2) is 56.9 Å². The maximum atomic E-state index is 13.5. The molecule has 3 amide bonds. The molecule has 0 spiro atoms. The number of benzene rings is 1. The number of nitrogens with one attached hydrogen (secondary N) is 2. The molecule has 1 atom stereocenters. The van der Waals surface area contributed by atoms with E-state index in [4.69, 9.17) is 4.74 Å². The predicted octanol–water partition coefficient (Wildman–Crippen LogP) is 2.50. The average Bonchev–Trinajstić information content (AvgIpc) is 3.48. The molecule has 0 radical (unpaired) electrons. The number of hydrogen-bond donors (Lipinski definition) is 2. The third kappa shape index (κ3) is 4.38. The quantitative estimate of drug-likeness (QED) is 0.621. The van der Waals surface area contributed by atoms with Crippen LogP contribution in [0.4, 0.5) is 0 Å². The molecule has 9 nitrogen and oxygen atoms in total. The Bertz CT molecular complexity index is 1080. The van der Waals surface area contributed by atoms with Crippen LogP contribution in [-0.2, 0) is 17.9 Å². The first kappa shape index (κ1) is 23.8. The Morgan fingerprint density at radius 3 is 2.65 bits per heavy atom. The van der Waals surface area contributed by atoms with Crippen molar-refractivity contribution in [3.05, 3.63) is 47.5 Å². The van der Waals surface area contributed by atoms with Crippen molar-refractivity contribution < 1.29 is 19.1 Å². The summed E-state index contributed by atoms with van der Waals surface area (Å²) < 4.78 is 7.25. The fourth-order valence-electron chi connectivity index (χ4n) is 4.96. The number of hydrogen-bond acceptors (Lipinski definition) is 5. The van der Waals surface area contributed by atoms with E-state index in [1.807, 2.05) is 38.1 Å². The van der Waals surface area contributed by atoms with E-state index >= 15 is 0 Å². The number of likely N-dealkylation sites (N-methyl/N-ethyl adjacent to an activating group) is 1. The molecule has 4 rings (SSSR count). The van der Waals surface area contributed by atoms with Crippen molar-refractivity contribution in [1.82, 2.24) is 25.1 Å². The van der Waals surface area contributed by atoms with Gasteiger partial charge in [0.1, 0.15) is 17.0 Å². The minimum absolute atomic E-state index is 0.0654. The molecule has 0 bridgehead atoms. The zero-order valence-corrected chi connectivity index (χ0v) is 20.1. The number of amides is 3. The number of para-hydroxylation sites is 1. The van der Waals surface area contributed by atoms with E-state index in [0.717, 1.165) is 31.2 Å². The van der Waals surface area contributed by atoms with Crippen LogP contribution < -0.4 is 15.4 Å². The van der Waals surface area contributed by atoms with E-state index in [-0.39, 0.29) is 42.3 Å². The van der Waals surface area contributed by atoms with E-state index < -0.39 is 11.4 Å². The van der Waals surface area contributed by atoms with Gasteiger partial charge in [0.2, 0.25) is 5.91 Å². The lowest BCUT2D eigenvalue weighted by Crippen LogP contribution is -2.64. The number of imidazole rings is 1. The standard InChI is InChI=1S/C25H33N5O4/c1-4-30-23(32)21-20(22(31)26-14-17-10-6-9-13-19(17)34-5-2)27-16-29(21)15-25(30,3)24(33)28-18-11-7-8-12-18/h6,9-10,13,16,18H,4-5,7-8,11-12,14-15H2,1-3H3,(H,26,31)(H,28,33)/t25-/m0/s1. The second kappa shape index (κ2) is 9.87. The Balaban J connectivity index is 1.53. The summed E-state index contributed by atoms with van der Waals surface area (Å²) in [5.74, 6) is -0.263. The average molecular weight is 468 g/mol. The molecule has 1 aromatic carbocycles. The van der Waals surface area contributed by atoms with Gasteiger partial charge >= 0.3 is 0 Å². The van der Waals surface area contributed by atoms with Crippen LogP contribution in [0.1, 0.15) is 73.0 Å². The van der Waals surface area contributed by atoms with Crippen LogP contribution in [0.2, 0.25) is 0 Å². The second-order valence-corrected chi connectivity index (χ2v) is 9.07. The number of carbonyl (C=O) groups is 3. The first-order valence-corrected chi connectivity index (χ1v) is 12.1. The Labute approximate surface area is 199 Å². The molecule has 1 fully saturated rings. The smallest absolute Gasteiger partial charge is 0.273 e. The summed E-state index contributed by atoms with van der Waals surface area (Å²) in [7, 11) is 0. The van der Waals surface area contributed by atoms with Gasteiger partial charge < -0.3 is 24.8 Å². The summed E-state index contributed by atoms with van der Waals surface area (Å²) in [6.07, 6.45) is 5.63. The highest BCUT2D eigenvalue weighted by molar-refractivity contribution is 6.07. The Kier molecular flexibility index (Phi) is 6.90. The minimum Gasteiger partial charge on any atom is -0.494 e. The van der Waals surface area contributed by atoms with Crippen molar-refractivity contribution in [2.75, 3.05) is 13.2 Å². The van der Waals surface area contributed by atoms with Crippen LogP contribution in [0, 0.1) is 0 Å². The first-order valence-electron chi connectivity index (χ1n) is 12.1. The first-order chi connectivity index (χ1) is 16.4. The van der Waals surface area contributed by atoms with Gasteiger partial charge in [0.25, 0.3) is 11.8 Å². The summed E-state index contributed by atoms with van der Waals surface area (Å²) in [5, 5.41) is 5.98. The van der Waals surface area contributed by atoms with Crippen LogP contribution in [0.5, 0.6) is 5.75 Å². The lowest BCUT2D eigenvalue weighted by molar-refractivity contribution is -0.133. The molecule has 1 aromatic heterocycles. The SMILES string of the molecule is CCOc1ccccc1CNC(=O)c1ncn2c1C(=O)N(CC)[C@](C)(C(=O)NC1CCCC1)C2. The number of aromatic nitrogens is 2. The Morgan fingerprint density at radius 1 is 1.21 bits per heavy atom. The van der Waals surface area contributed by atoms with Crippen molar-refractivity contribution in [1.29, 1.82) is 0 Å². The number of rotatable bonds is 8. The van der Waals surface area contributed by atoms with Gasteiger partial charge in [-0.3, -0.25) is 14.4 Å². The number of nitrogens with zero attached hydrogens (tertiary/aromatic N) is 3. The third-order valence-corrected chi connectivity index (χ3v) is 6.78. The third-order valence-electron chi connectivity index (χ3n) is 6.78. The van der Waals surface area contributed by atoms with Gasteiger partial charge in [-0.2, -0.15) is 0 Å². The zero-order chi connectivity index (χ0) is 24.3. The molecular formula is C25H33N5O4. The van der Waals surface area contributed by atoms with E-state index in [1.54, 1.807) is 16.4 Å². The van der Waals surface area contributed by atoms with Gasteiger partial charge in [0, 0.05) is 24.7 Å². The molecule has 2 heterocycles. The topological polar surface area (TPSA) is 106 Å².